The van der Waals surface area contributed by atoms with Gasteiger partial charge in [-0.3, -0.25) is 4.79 Å². The molecule has 0 saturated heterocycles. The van der Waals surface area contributed by atoms with Gasteiger partial charge in [0.25, 0.3) is 0 Å². The van der Waals surface area contributed by atoms with Gasteiger partial charge in [0, 0.05) is 9.37 Å². The van der Waals surface area contributed by atoms with Crippen molar-refractivity contribution < 1.29 is 4.79 Å². The quantitative estimate of drug-likeness (QED) is 0.808. The Kier molecular flexibility index (Phi) is 4.92. The smallest absolute Gasteiger partial charge is 0.237 e. The number of carbonyl (C=O) groups is 1. The van der Waals surface area contributed by atoms with Crippen LogP contribution in [0.25, 0.3) is 0 Å². The Labute approximate surface area is 126 Å². The van der Waals surface area contributed by atoms with E-state index in [0.29, 0.717) is 0 Å². The highest BCUT2D eigenvalue weighted by Crippen LogP contribution is 2.37. The summed E-state index contributed by atoms with van der Waals surface area (Å²) in [4.78, 5) is 12.7. The van der Waals surface area contributed by atoms with E-state index in [1.807, 2.05) is 12.1 Å². The maximum Gasteiger partial charge on any atom is 0.237 e. The summed E-state index contributed by atoms with van der Waals surface area (Å²) in [7, 11) is 0. The predicted octanol–water partition coefficient (Wildman–Crippen LogP) is 2.91. The van der Waals surface area contributed by atoms with E-state index < -0.39 is 5.54 Å². The van der Waals surface area contributed by atoms with E-state index in [4.69, 9.17) is 11.5 Å². The first-order valence-corrected chi connectivity index (χ1v) is 8.27. The zero-order valence-corrected chi connectivity index (χ0v) is 13.2. The zero-order valence-electron chi connectivity index (χ0n) is 10.8. The SMILES string of the molecule is NC(=O)C1(N)CCCC1CCSc1cccc(Br)c1. The summed E-state index contributed by atoms with van der Waals surface area (Å²) >= 11 is 5.26. The maximum absolute atomic E-state index is 11.5. The van der Waals surface area contributed by atoms with Crippen LogP contribution >= 0.6 is 27.7 Å². The van der Waals surface area contributed by atoms with Crippen molar-refractivity contribution in [2.45, 2.75) is 36.1 Å². The third kappa shape index (κ3) is 3.52. The van der Waals surface area contributed by atoms with Gasteiger partial charge in [0.15, 0.2) is 0 Å². The van der Waals surface area contributed by atoms with E-state index in [1.165, 1.54) is 4.90 Å². The molecule has 1 amide bonds. The van der Waals surface area contributed by atoms with Crippen molar-refractivity contribution in [3.8, 4) is 0 Å². The molecule has 0 heterocycles. The first-order chi connectivity index (χ1) is 9.02. The summed E-state index contributed by atoms with van der Waals surface area (Å²) in [6.45, 7) is 0. The Bertz CT molecular complexity index is 469. The van der Waals surface area contributed by atoms with Gasteiger partial charge in [-0.05, 0) is 49.1 Å². The van der Waals surface area contributed by atoms with Crippen LogP contribution in [0.5, 0.6) is 0 Å². The molecule has 3 nitrogen and oxygen atoms in total. The van der Waals surface area contributed by atoms with Crippen LogP contribution < -0.4 is 11.5 Å². The summed E-state index contributed by atoms with van der Waals surface area (Å²) in [6.07, 6.45) is 3.69. The van der Waals surface area contributed by atoms with Crippen LogP contribution in [-0.2, 0) is 4.79 Å². The maximum atomic E-state index is 11.5. The predicted molar refractivity (Wildman–Crippen MR) is 82.9 cm³/mol. The van der Waals surface area contributed by atoms with Crippen LogP contribution in [0.2, 0.25) is 0 Å². The van der Waals surface area contributed by atoms with Crippen molar-refractivity contribution in [3.63, 3.8) is 0 Å². The first-order valence-electron chi connectivity index (χ1n) is 6.49. The van der Waals surface area contributed by atoms with Crippen molar-refractivity contribution in [3.05, 3.63) is 28.7 Å². The van der Waals surface area contributed by atoms with Crippen LogP contribution in [0, 0.1) is 5.92 Å². The molecule has 1 aliphatic rings. The molecule has 0 aliphatic heterocycles. The van der Waals surface area contributed by atoms with E-state index in [0.717, 1.165) is 35.9 Å². The number of rotatable bonds is 5. The fourth-order valence-electron chi connectivity index (χ4n) is 2.70. The molecule has 19 heavy (non-hydrogen) atoms. The minimum Gasteiger partial charge on any atom is -0.368 e. The number of hydrogen-bond donors (Lipinski definition) is 2. The Morgan fingerprint density at radius 3 is 3.00 bits per heavy atom. The van der Waals surface area contributed by atoms with Crippen LogP contribution in [0.15, 0.2) is 33.6 Å². The van der Waals surface area contributed by atoms with E-state index in [9.17, 15) is 4.79 Å². The second kappa shape index (κ2) is 6.29. The van der Waals surface area contributed by atoms with Crippen molar-refractivity contribution >= 4 is 33.6 Å². The van der Waals surface area contributed by atoms with Gasteiger partial charge in [0.05, 0.1) is 5.54 Å². The molecule has 2 rings (SSSR count). The lowest BCUT2D eigenvalue weighted by molar-refractivity contribution is -0.124. The van der Waals surface area contributed by atoms with E-state index in [2.05, 4.69) is 28.1 Å². The fourth-order valence-corrected chi connectivity index (χ4v) is 4.28. The molecule has 1 aliphatic carbocycles. The van der Waals surface area contributed by atoms with Crippen molar-refractivity contribution in [1.29, 1.82) is 0 Å². The zero-order chi connectivity index (χ0) is 13.9. The van der Waals surface area contributed by atoms with Crippen LogP contribution in [0.3, 0.4) is 0 Å². The molecular weight excluding hydrogens is 324 g/mol. The fraction of sp³-hybridized carbons (Fsp3) is 0.500. The second-order valence-electron chi connectivity index (χ2n) is 5.09. The molecule has 1 fully saturated rings. The monoisotopic (exact) mass is 342 g/mol. The van der Waals surface area contributed by atoms with Gasteiger partial charge in [-0.15, -0.1) is 11.8 Å². The Balaban J connectivity index is 1.87. The lowest BCUT2D eigenvalue weighted by Gasteiger charge is -2.27. The highest BCUT2D eigenvalue weighted by molar-refractivity contribution is 9.10. The number of thioether (sulfide) groups is 1. The van der Waals surface area contributed by atoms with Crippen LogP contribution in [0.4, 0.5) is 0 Å². The third-order valence-corrected chi connectivity index (χ3v) is 5.38. The molecule has 1 aromatic carbocycles. The minimum absolute atomic E-state index is 0.227. The highest BCUT2D eigenvalue weighted by Gasteiger charge is 2.43. The van der Waals surface area contributed by atoms with Gasteiger partial charge in [0.2, 0.25) is 5.91 Å². The molecule has 2 atom stereocenters. The lowest BCUT2D eigenvalue weighted by atomic mass is 9.85. The molecule has 0 aromatic heterocycles. The molecule has 0 radical (unpaired) electrons. The average molecular weight is 343 g/mol. The number of primary amides is 1. The number of carbonyl (C=O) groups excluding carboxylic acids is 1. The lowest BCUT2D eigenvalue weighted by Crippen LogP contribution is -2.54. The molecule has 5 heteroatoms. The Hall–Kier alpha value is -0.520. The minimum atomic E-state index is -0.780. The Morgan fingerprint density at radius 1 is 1.53 bits per heavy atom. The standard InChI is InChI=1S/C14H19BrN2OS/c15-11-4-1-5-12(9-11)19-8-6-10-3-2-7-14(10,17)13(16)18/h1,4-5,9-10H,2-3,6-8,17H2,(H2,16,18). The van der Waals surface area contributed by atoms with Gasteiger partial charge >= 0.3 is 0 Å². The van der Waals surface area contributed by atoms with Crippen molar-refractivity contribution in [1.82, 2.24) is 0 Å². The van der Waals surface area contributed by atoms with Crippen molar-refractivity contribution in [2.24, 2.45) is 17.4 Å². The van der Waals surface area contributed by atoms with Gasteiger partial charge < -0.3 is 11.5 Å². The van der Waals surface area contributed by atoms with Crippen LogP contribution in [-0.4, -0.2) is 17.2 Å². The van der Waals surface area contributed by atoms with E-state index in [1.54, 1.807) is 11.8 Å². The van der Waals surface area contributed by atoms with Gasteiger partial charge in [-0.2, -0.15) is 0 Å². The number of amides is 1. The van der Waals surface area contributed by atoms with Gasteiger partial charge in [0.1, 0.15) is 0 Å². The molecule has 1 aromatic rings. The molecule has 1 saturated carbocycles. The topological polar surface area (TPSA) is 69.1 Å². The van der Waals surface area contributed by atoms with E-state index in [-0.39, 0.29) is 11.8 Å². The summed E-state index contributed by atoms with van der Waals surface area (Å²) < 4.78 is 1.09. The number of halogens is 1. The summed E-state index contributed by atoms with van der Waals surface area (Å²) in [6, 6.07) is 8.23. The molecule has 104 valence electrons. The molecule has 4 N–H and O–H groups in total. The summed E-state index contributed by atoms with van der Waals surface area (Å²) in [5.41, 5.74) is 10.8. The third-order valence-electron chi connectivity index (χ3n) is 3.86. The molecular formula is C14H19BrN2OS. The average Bonchev–Trinajstić information content (AvgIpc) is 2.73. The highest BCUT2D eigenvalue weighted by atomic mass is 79.9. The number of nitrogens with two attached hydrogens (primary N) is 2. The normalized spacial score (nSPS) is 26.5. The summed E-state index contributed by atoms with van der Waals surface area (Å²) in [5.74, 6) is 0.847. The molecule has 2 unspecified atom stereocenters. The molecule has 0 spiro atoms. The summed E-state index contributed by atoms with van der Waals surface area (Å²) in [5, 5.41) is 0. The van der Waals surface area contributed by atoms with Crippen molar-refractivity contribution in [2.75, 3.05) is 5.75 Å². The largest absolute Gasteiger partial charge is 0.368 e. The Morgan fingerprint density at radius 2 is 2.32 bits per heavy atom. The number of benzene rings is 1. The van der Waals surface area contributed by atoms with Gasteiger partial charge in [-0.1, -0.05) is 28.4 Å². The molecule has 0 bridgehead atoms. The number of hydrogen-bond acceptors (Lipinski definition) is 3. The second-order valence-corrected chi connectivity index (χ2v) is 7.17. The van der Waals surface area contributed by atoms with Crippen LogP contribution in [0.1, 0.15) is 25.7 Å². The van der Waals surface area contributed by atoms with Gasteiger partial charge in [-0.25, -0.2) is 0 Å². The van der Waals surface area contributed by atoms with E-state index >= 15 is 0 Å². The first kappa shape index (κ1) is 14.9.